The minimum atomic E-state index is -0.800. The molecule has 7 heteroatoms. The number of rotatable bonds is 3. The van der Waals surface area contributed by atoms with Crippen molar-refractivity contribution in [1.82, 2.24) is 9.97 Å². The van der Waals surface area contributed by atoms with Crippen LogP contribution in [0.1, 0.15) is 6.92 Å². The predicted molar refractivity (Wildman–Crippen MR) is 88.4 cm³/mol. The van der Waals surface area contributed by atoms with Gasteiger partial charge >= 0.3 is 6.16 Å². The van der Waals surface area contributed by atoms with Crippen LogP contribution in [0.5, 0.6) is 5.75 Å². The number of anilines is 1. The van der Waals surface area contributed by atoms with Gasteiger partial charge in [0.05, 0.1) is 12.0 Å². The van der Waals surface area contributed by atoms with Crippen LogP contribution in [0.2, 0.25) is 0 Å². The van der Waals surface area contributed by atoms with E-state index in [1.54, 1.807) is 6.92 Å². The molecule has 0 atom stereocenters. The molecule has 3 aromatic rings. The molecule has 0 amide bonds. The number of nitrogens with zero attached hydrogens (tertiary/aromatic N) is 1. The lowest BCUT2D eigenvalue weighted by Crippen LogP contribution is -2.11. The maximum Gasteiger partial charge on any atom is 0.513 e. The molecular weight excluding hydrogens is 298 g/mol. The Labute approximate surface area is 131 Å². The second kappa shape index (κ2) is 5.68. The lowest BCUT2D eigenvalue weighted by molar-refractivity contribution is 0.105. The number of aromatic amines is 2. The highest BCUT2D eigenvalue weighted by molar-refractivity contribution is 6.09. The van der Waals surface area contributed by atoms with Crippen LogP contribution >= 0.6 is 0 Å². The molecule has 0 saturated heterocycles. The lowest BCUT2D eigenvalue weighted by atomic mass is 10.1. The van der Waals surface area contributed by atoms with E-state index >= 15 is 0 Å². The number of H-pyrrole nitrogens is 2. The van der Waals surface area contributed by atoms with Crippen LogP contribution < -0.4 is 15.2 Å². The van der Waals surface area contributed by atoms with Gasteiger partial charge in [0.25, 0.3) is 5.56 Å². The third-order valence-corrected chi connectivity index (χ3v) is 3.56. The fraction of sp³-hybridized carbons (Fsp3) is 0.250. The topological polar surface area (TPSA) is 87.4 Å². The number of carbonyl (C=O) groups excluding carboxylic acids is 1. The molecule has 0 radical (unpaired) electrons. The molecule has 23 heavy (non-hydrogen) atoms. The summed E-state index contributed by atoms with van der Waals surface area (Å²) in [6, 6.07) is 5.66. The first-order valence-corrected chi connectivity index (χ1v) is 7.20. The highest BCUT2D eigenvalue weighted by Gasteiger charge is 2.16. The Hall–Kier alpha value is -2.96. The van der Waals surface area contributed by atoms with Crippen LogP contribution in [0.25, 0.3) is 21.8 Å². The molecule has 0 bridgehead atoms. The molecule has 7 nitrogen and oxygen atoms in total. The third kappa shape index (κ3) is 2.61. The Balaban J connectivity index is 2.26. The van der Waals surface area contributed by atoms with E-state index in [0.717, 1.165) is 11.1 Å². The summed E-state index contributed by atoms with van der Waals surface area (Å²) in [5.41, 5.74) is 1.71. The van der Waals surface area contributed by atoms with E-state index in [9.17, 15) is 9.59 Å². The average Bonchev–Trinajstić information content (AvgIpc) is 2.92. The number of fused-ring (bicyclic) bond motifs is 3. The minimum Gasteiger partial charge on any atom is -0.434 e. The average molecular weight is 315 g/mol. The van der Waals surface area contributed by atoms with Gasteiger partial charge in [0, 0.05) is 36.9 Å². The number of aromatic nitrogens is 2. The first-order valence-electron chi connectivity index (χ1n) is 7.20. The Morgan fingerprint density at radius 2 is 2.09 bits per heavy atom. The van der Waals surface area contributed by atoms with E-state index in [1.807, 2.05) is 37.2 Å². The molecule has 3 rings (SSSR count). The maximum atomic E-state index is 12.2. The molecular formula is C16H17N3O4. The van der Waals surface area contributed by atoms with Crippen molar-refractivity contribution < 1.29 is 14.3 Å². The number of hydrogen-bond donors (Lipinski definition) is 2. The molecule has 0 spiro atoms. The van der Waals surface area contributed by atoms with Gasteiger partial charge < -0.3 is 24.3 Å². The Morgan fingerprint density at radius 1 is 1.30 bits per heavy atom. The van der Waals surface area contributed by atoms with Crippen molar-refractivity contribution in [3.8, 4) is 5.75 Å². The van der Waals surface area contributed by atoms with Crippen molar-refractivity contribution in [3.05, 3.63) is 34.7 Å². The van der Waals surface area contributed by atoms with Crippen molar-refractivity contribution in [2.45, 2.75) is 6.92 Å². The molecule has 0 saturated carbocycles. The number of nitrogens with one attached hydrogen (secondary N) is 2. The summed E-state index contributed by atoms with van der Waals surface area (Å²) in [7, 11) is 3.86. The van der Waals surface area contributed by atoms with Crippen molar-refractivity contribution in [1.29, 1.82) is 0 Å². The van der Waals surface area contributed by atoms with Crippen molar-refractivity contribution in [2.75, 3.05) is 25.6 Å². The smallest absolute Gasteiger partial charge is 0.434 e. The van der Waals surface area contributed by atoms with Gasteiger partial charge in [0.1, 0.15) is 5.52 Å². The minimum absolute atomic E-state index is 0.216. The maximum absolute atomic E-state index is 12.2. The van der Waals surface area contributed by atoms with Gasteiger partial charge in [-0.2, -0.15) is 0 Å². The van der Waals surface area contributed by atoms with Crippen LogP contribution in [0.3, 0.4) is 0 Å². The van der Waals surface area contributed by atoms with E-state index in [4.69, 9.17) is 9.47 Å². The molecule has 120 valence electrons. The van der Waals surface area contributed by atoms with Gasteiger partial charge in [-0.15, -0.1) is 0 Å². The zero-order valence-corrected chi connectivity index (χ0v) is 13.1. The summed E-state index contributed by atoms with van der Waals surface area (Å²) in [5, 5.41) is 1.34. The van der Waals surface area contributed by atoms with Crippen LogP contribution in [-0.4, -0.2) is 36.8 Å². The molecule has 0 aliphatic heterocycles. The molecule has 1 aromatic carbocycles. The summed E-state index contributed by atoms with van der Waals surface area (Å²) >= 11 is 0. The van der Waals surface area contributed by atoms with Gasteiger partial charge in [-0.3, -0.25) is 4.79 Å². The normalized spacial score (nSPS) is 10.9. The number of carbonyl (C=O) groups is 1. The summed E-state index contributed by atoms with van der Waals surface area (Å²) in [6.45, 7) is 1.91. The largest absolute Gasteiger partial charge is 0.513 e. The summed E-state index contributed by atoms with van der Waals surface area (Å²) in [4.78, 5) is 31.4. The first kappa shape index (κ1) is 15.0. The zero-order chi connectivity index (χ0) is 16.6. The fourth-order valence-electron chi connectivity index (χ4n) is 2.48. The molecule has 0 fully saturated rings. The predicted octanol–water partition coefficient (Wildman–Crippen LogP) is 2.61. The highest BCUT2D eigenvalue weighted by Crippen LogP contribution is 2.32. The van der Waals surface area contributed by atoms with E-state index < -0.39 is 6.16 Å². The van der Waals surface area contributed by atoms with E-state index in [-0.39, 0.29) is 17.9 Å². The molecule has 2 heterocycles. The molecule has 0 aliphatic rings. The fourth-order valence-corrected chi connectivity index (χ4v) is 2.48. The van der Waals surface area contributed by atoms with E-state index in [1.165, 1.54) is 6.20 Å². The van der Waals surface area contributed by atoms with Crippen LogP contribution in [0, 0.1) is 0 Å². The van der Waals surface area contributed by atoms with Crippen molar-refractivity contribution >= 4 is 33.6 Å². The molecule has 0 unspecified atom stereocenters. The number of benzene rings is 1. The lowest BCUT2D eigenvalue weighted by Gasteiger charge is -2.13. The van der Waals surface area contributed by atoms with Gasteiger partial charge in [0.2, 0.25) is 0 Å². The quantitative estimate of drug-likeness (QED) is 0.725. The van der Waals surface area contributed by atoms with Crippen LogP contribution in [0.15, 0.2) is 29.2 Å². The summed E-state index contributed by atoms with van der Waals surface area (Å²) in [5.74, 6) is 0.269. The van der Waals surface area contributed by atoms with Gasteiger partial charge in [0.15, 0.2) is 5.75 Å². The molecule has 2 aromatic heterocycles. The third-order valence-electron chi connectivity index (χ3n) is 3.56. The Kier molecular flexibility index (Phi) is 3.69. The molecule has 0 aliphatic carbocycles. The standard InChI is InChI=1S/C16H17N3O4/c1-4-22-16(21)23-12-8-17-14-13(12)10-7-9(19(2)3)5-6-11(10)18-15(14)20/h5-8,17H,4H2,1-3H3,(H,18,20). The first-order chi connectivity index (χ1) is 11.0. The van der Waals surface area contributed by atoms with Crippen LogP contribution in [0.4, 0.5) is 10.5 Å². The number of pyridine rings is 1. The monoisotopic (exact) mass is 315 g/mol. The van der Waals surface area contributed by atoms with E-state index in [0.29, 0.717) is 16.4 Å². The van der Waals surface area contributed by atoms with Gasteiger partial charge in [-0.25, -0.2) is 4.79 Å². The van der Waals surface area contributed by atoms with Crippen molar-refractivity contribution in [3.63, 3.8) is 0 Å². The van der Waals surface area contributed by atoms with Gasteiger partial charge in [-0.05, 0) is 25.1 Å². The number of ether oxygens (including phenoxy) is 2. The summed E-state index contributed by atoms with van der Waals surface area (Å²) < 4.78 is 10.0. The molecule has 2 N–H and O–H groups in total. The van der Waals surface area contributed by atoms with E-state index in [2.05, 4.69) is 9.97 Å². The SMILES string of the molecule is CCOC(=O)Oc1c[nH]c2c(=O)[nH]c3ccc(N(C)C)cc3c12. The summed E-state index contributed by atoms with van der Waals surface area (Å²) in [6.07, 6.45) is 0.684. The Bertz CT molecular complexity index is 940. The van der Waals surface area contributed by atoms with Crippen LogP contribution in [-0.2, 0) is 4.74 Å². The zero-order valence-electron chi connectivity index (χ0n) is 13.1. The Morgan fingerprint density at radius 3 is 2.78 bits per heavy atom. The van der Waals surface area contributed by atoms with Gasteiger partial charge in [-0.1, -0.05) is 0 Å². The second-order valence-corrected chi connectivity index (χ2v) is 5.27. The highest BCUT2D eigenvalue weighted by atomic mass is 16.7. The van der Waals surface area contributed by atoms with Crippen molar-refractivity contribution in [2.24, 2.45) is 0 Å². The number of hydrogen-bond acceptors (Lipinski definition) is 5. The second-order valence-electron chi connectivity index (χ2n) is 5.27.